The Morgan fingerprint density at radius 2 is 1.65 bits per heavy atom. The van der Waals surface area contributed by atoms with Gasteiger partial charge in [0.25, 0.3) is 0 Å². The summed E-state index contributed by atoms with van der Waals surface area (Å²) < 4.78 is 11.0. The Kier molecular flexibility index (Phi) is 3.03. The highest BCUT2D eigenvalue weighted by Crippen LogP contribution is 2.29. The highest BCUT2D eigenvalue weighted by molar-refractivity contribution is 5.83. The molecule has 0 unspecified atom stereocenters. The quantitative estimate of drug-likeness (QED) is 0.652. The van der Waals surface area contributed by atoms with Crippen molar-refractivity contribution in [2.45, 2.75) is 13.8 Å². The first-order valence-corrected chi connectivity index (χ1v) is 6.41. The minimum atomic E-state index is -0.414. The first-order valence-electron chi connectivity index (χ1n) is 6.41. The summed E-state index contributed by atoms with van der Waals surface area (Å²) in [6.45, 7) is 4.02. The summed E-state index contributed by atoms with van der Waals surface area (Å²) in [5.74, 6) is 1.24. The van der Waals surface area contributed by atoms with Crippen molar-refractivity contribution in [2.75, 3.05) is 0 Å². The summed E-state index contributed by atoms with van der Waals surface area (Å²) in [6.07, 6.45) is 0. The van der Waals surface area contributed by atoms with E-state index in [-0.39, 0.29) is 0 Å². The molecular formula is C17H14O3. The third-order valence-corrected chi connectivity index (χ3v) is 3.04. The van der Waals surface area contributed by atoms with Crippen molar-refractivity contribution >= 4 is 11.0 Å². The molecule has 0 bridgehead atoms. The molecule has 0 fully saturated rings. The third-order valence-electron chi connectivity index (χ3n) is 3.04. The summed E-state index contributed by atoms with van der Waals surface area (Å²) in [5, 5.41) is 0.784. The first kappa shape index (κ1) is 12.5. The zero-order valence-corrected chi connectivity index (χ0v) is 11.3. The molecule has 0 saturated heterocycles. The van der Waals surface area contributed by atoms with E-state index in [9.17, 15) is 4.79 Å². The smallest absolute Gasteiger partial charge is 0.339 e. The number of hydrogen-bond acceptors (Lipinski definition) is 3. The fourth-order valence-electron chi connectivity index (χ4n) is 2.29. The van der Waals surface area contributed by atoms with E-state index in [1.54, 1.807) is 6.07 Å². The molecule has 3 heteroatoms. The molecule has 3 rings (SSSR count). The molecule has 0 atom stereocenters. The second-order valence-electron chi connectivity index (χ2n) is 4.85. The predicted molar refractivity (Wildman–Crippen MR) is 78.5 cm³/mol. The van der Waals surface area contributed by atoms with Crippen LogP contribution in [0, 0.1) is 13.8 Å². The zero-order chi connectivity index (χ0) is 14.1. The van der Waals surface area contributed by atoms with Crippen LogP contribution >= 0.6 is 0 Å². The van der Waals surface area contributed by atoms with Crippen LogP contribution in [-0.2, 0) is 0 Å². The molecule has 1 heterocycles. The number of aryl methyl sites for hydroxylation is 2. The Hall–Kier alpha value is -2.55. The van der Waals surface area contributed by atoms with Crippen LogP contribution in [0.2, 0.25) is 0 Å². The fraction of sp³-hybridized carbons (Fsp3) is 0.118. The van der Waals surface area contributed by atoms with Gasteiger partial charge in [-0.3, -0.25) is 0 Å². The Labute approximate surface area is 116 Å². The summed E-state index contributed by atoms with van der Waals surface area (Å²) in [7, 11) is 0. The average Bonchev–Trinajstić information content (AvgIpc) is 2.37. The van der Waals surface area contributed by atoms with Crippen molar-refractivity contribution < 1.29 is 9.15 Å². The lowest BCUT2D eigenvalue weighted by Crippen LogP contribution is -1.98. The molecule has 2 aromatic carbocycles. The molecule has 0 amide bonds. The zero-order valence-electron chi connectivity index (χ0n) is 11.3. The van der Waals surface area contributed by atoms with E-state index >= 15 is 0 Å². The molecule has 0 spiro atoms. The van der Waals surface area contributed by atoms with Crippen LogP contribution < -0.4 is 10.4 Å². The normalized spacial score (nSPS) is 10.7. The molecule has 0 aliphatic heterocycles. The van der Waals surface area contributed by atoms with Gasteiger partial charge >= 0.3 is 5.63 Å². The van der Waals surface area contributed by atoms with E-state index < -0.39 is 5.63 Å². The summed E-state index contributed by atoms with van der Waals surface area (Å²) in [4.78, 5) is 11.6. The highest BCUT2D eigenvalue weighted by Gasteiger charge is 2.07. The molecule has 0 aliphatic carbocycles. The standard InChI is InChI=1S/C17H14O3/c1-11-7-12(2)9-13(8-11)19-16-10-17(18)20-15-6-4-3-5-14(15)16/h3-10H,1-2H3. The van der Waals surface area contributed by atoms with Gasteiger partial charge in [-0.15, -0.1) is 0 Å². The molecule has 0 aliphatic rings. The van der Waals surface area contributed by atoms with Gasteiger partial charge in [-0.2, -0.15) is 0 Å². The second-order valence-corrected chi connectivity index (χ2v) is 4.85. The topological polar surface area (TPSA) is 39.4 Å². The maximum absolute atomic E-state index is 11.6. The summed E-state index contributed by atoms with van der Waals surface area (Å²) in [5.41, 5.74) is 2.35. The van der Waals surface area contributed by atoms with Crippen LogP contribution in [0.4, 0.5) is 0 Å². The number of hydrogen-bond donors (Lipinski definition) is 0. The van der Waals surface area contributed by atoms with Crippen LogP contribution in [0.3, 0.4) is 0 Å². The van der Waals surface area contributed by atoms with Crippen LogP contribution in [0.5, 0.6) is 11.5 Å². The molecule has 0 N–H and O–H groups in total. The number of benzene rings is 2. The van der Waals surface area contributed by atoms with Gasteiger partial charge in [-0.25, -0.2) is 4.79 Å². The molecule has 0 radical (unpaired) electrons. The highest BCUT2D eigenvalue weighted by atomic mass is 16.5. The largest absolute Gasteiger partial charge is 0.456 e. The number of ether oxygens (including phenoxy) is 1. The molecule has 3 nitrogen and oxygen atoms in total. The van der Waals surface area contributed by atoms with Gasteiger partial charge < -0.3 is 9.15 Å². The van der Waals surface area contributed by atoms with Gasteiger partial charge in [0.1, 0.15) is 17.1 Å². The fourth-order valence-corrected chi connectivity index (χ4v) is 2.29. The van der Waals surface area contributed by atoms with Crippen molar-refractivity contribution in [1.82, 2.24) is 0 Å². The van der Waals surface area contributed by atoms with Crippen molar-refractivity contribution in [3.63, 3.8) is 0 Å². The van der Waals surface area contributed by atoms with Gasteiger partial charge in [-0.1, -0.05) is 18.2 Å². The number of fused-ring (bicyclic) bond motifs is 1. The Bertz CT molecular complexity index is 811. The molecular weight excluding hydrogens is 252 g/mol. The third kappa shape index (κ3) is 2.43. The van der Waals surface area contributed by atoms with Gasteiger partial charge in [0.05, 0.1) is 11.5 Å². The molecule has 1 aromatic heterocycles. The van der Waals surface area contributed by atoms with E-state index in [1.807, 2.05) is 44.2 Å². The lowest BCUT2D eigenvalue weighted by Gasteiger charge is -2.09. The molecule has 0 saturated carbocycles. The number of rotatable bonds is 2. The first-order chi connectivity index (χ1) is 9.61. The van der Waals surface area contributed by atoms with Gasteiger partial charge in [-0.05, 0) is 49.2 Å². The van der Waals surface area contributed by atoms with Gasteiger partial charge in [0.15, 0.2) is 0 Å². The van der Waals surface area contributed by atoms with Crippen LogP contribution in [0.1, 0.15) is 11.1 Å². The van der Waals surface area contributed by atoms with E-state index in [2.05, 4.69) is 6.07 Å². The second kappa shape index (κ2) is 4.85. The van der Waals surface area contributed by atoms with E-state index in [1.165, 1.54) is 6.07 Å². The Morgan fingerprint density at radius 1 is 0.950 bits per heavy atom. The summed E-state index contributed by atoms with van der Waals surface area (Å²) >= 11 is 0. The predicted octanol–water partition coefficient (Wildman–Crippen LogP) is 4.20. The van der Waals surface area contributed by atoms with Crippen LogP contribution in [-0.4, -0.2) is 0 Å². The van der Waals surface area contributed by atoms with Gasteiger partial charge in [0.2, 0.25) is 0 Å². The van der Waals surface area contributed by atoms with Gasteiger partial charge in [0, 0.05) is 0 Å². The molecule has 3 aromatic rings. The number of para-hydroxylation sites is 1. The van der Waals surface area contributed by atoms with E-state index in [4.69, 9.17) is 9.15 Å². The van der Waals surface area contributed by atoms with E-state index in [0.29, 0.717) is 11.3 Å². The van der Waals surface area contributed by atoms with Crippen LogP contribution in [0.15, 0.2) is 57.7 Å². The minimum Gasteiger partial charge on any atom is -0.456 e. The minimum absolute atomic E-state index is 0.414. The summed E-state index contributed by atoms with van der Waals surface area (Å²) in [6, 6.07) is 14.7. The average molecular weight is 266 g/mol. The van der Waals surface area contributed by atoms with Crippen molar-refractivity contribution in [3.05, 3.63) is 70.1 Å². The van der Waals surface area contributed by atoms with Crippen molar-refractivity contribution in [1.29, 1.82) is 0 Å². The maximum atomic E-state index is 11.6. The monoisotopic (exact) mass is 266 g/mol. The SMILES string of the molecule is Cc1cc(C)cc(Oc2cc(=O)oc3ccccc23)c1. The van der Waals surface area contributed by atoms with Crippen molar-refractivity contribution in [2.24, 2.45) is 0 Å². The van der Waals surface area contributed by atoms with Crippen LogP contribution in [0.25, 0.3) is 11.0 Å². The Morgan fingerprint density at radius 3 is 2.40 bits per heavy atom. The lowest BCUT2D eigenvalue weighted by atomic mass is 10.1. The van der Waals surface area contributed by atoms with Crippen molar-refractivity contribution in [3.8, 4) is 11.5 Å². The molecule has 20 heavy (non-hydrogen) atoms. The lowest BCUT2D eigenvalue weighted by molar-refractivity contribution is 0.474. The molecule has 100 valence electrons. The van der Waals surface area contributed by atoms with E-state index in [0.717, 1.165) is 22.3 Å². The Balaban J connectivity index is 2.12. The maximum Gasteiger partial charge on any atom is 0.339 e.